The van der Waals surface area contributed by atoms with Crippen LogP contribution in [-0.4, -0.2) is 95.6 Å². The summed E-state index contributed by atoms with van der Waals surface area (Å²) in [6.07, 6.45) is 0. The van der Waals surface area contributed by atoms with Gasteiger partial charge in [0.2, 0.25) is 0 Å². The van der Waals surface area contributed by atoms with Gasteiger partial charge >= 0.3 is 177 Å². The largest absolute Gasteiger partial charge is 1.00 e. The minimum atomic E-state index is -5.55. The fourth-order valence-corrected chi connectivity index (χ4v) is 10.7. The zero-order valence-electron chi connectivity index (χ0n) is 39.6. The normalized spacial score (nSPS) is 12.7. The summed E-state index contributed by atoms with van der Waals surface area (Å²) < 4.78 is 211. The van der Waals surface area contributed by atoms with Crippen LogP contribution in [0.5, 0.6) is 0 Å². The molecule has 0 aliphatic rings. The number of fused-ring (bicyclic) bond motifs is 2. The van der Waals surface area contributed by atoms with Crippen molar-refractivity contribution < 1.29 is 270 Å². The minimum Gasteiger partial charge on any atom is -0.858 e. The minimum absolute atomic E-state index is 0. The van der Waals surface area contributed by atoms with Crippen molar-refractivity contribution in [2.24, 2.45) is 15.0 Å². The number of anilines is 1. The van der Waals surface area contributed by atoms with Gasteiger partial charge in [-0.15, -0.1) is 0 Å². The molecule has 360 valence electrons. The van der Waals surface area contributed by atoms with E-state index >= 15 is 0 Å². The molecule has 0 radical (unpaired) electrons. The van der Waals surface area contributed by atoms with Crippen LogP contribution < -0.4 is 198 Å². The predicted molar refractivity (Wildman–Crippen MR) is 227 cm³/mol. The van der Waals surface area contributed by atoms with Gasteiger partial charge in [-0.2, -0.15) is 25.3 Å². The SMILES string of the molecule is Cc1c(N=C([O-])Nc2cccc(C([O-])=Nc3ccc(S(=O)(=O)O)c4cc(S(=O)(=O)[O-])cc(S(=O)(=O)O)c34)c2C)cccc1C([O-])=Nc1ccc(S(=O)(=O)[O-])c2cc(S(=O)(=O)[O-])cc(S(=O)(=O)O)c12.[Na+].[Na+].[Na+].[Na+].[Na+].[Na+]. The molecule has 25 nitrogen and oxygen atoms in total. The van der Waals surface area contributed by atoms with E-state index in [2.05, 4.69) is 20.3 Å². The topological polar surface area (TPSA) is 453 Å². The van der Waals surface area contributed by atoms with Gasteiger partial charge in [0.05, 0.1) is 37.8 Å². The Morgan fingerprint density at radius 3 is 1.22 bits per heavy atom. The van der Waals surface area contributed by atoms with Crippen molar-refractivity contribution in [2.75, 3.05) is 5.32 Å². The monoisotopic (exact) mass is 1190 g/mol. The number of hydrogen-bond donors (Lipinski definition) is 4. The van der Waals surface area contributed by atoms with Crippen LogP contribution >= 0.6 is 0 Å². The first-order chi connectivity index (χ1) is 31.1. The van der Waals surface area contributed by atoms with Crippen LogP contribution in [0.4, 0.5) is 22.7 Å². The van der Waals surface area contributed by atoms with E-state index in [0.29, 0.717) is 30.3 Å². The molecule has 6 aromatic carbocycles. The summed E-state index contributed by atoms with van der Waals surface area (Å²) in [5.41, 5.74) is -2.46. The molecule has 6 rings (SSSR count). The summed E-state index contributed by atoms with van der Waals surface area (Å²) in [4.78, 5) is 3.63. The maximum Gasteiger partial charge on any atom is 1.00 e. The van der Waals surface area contributed by atoms with E-state index in [1.807, 2.05) is 0 Å². The summed E-state index contributed by atoms with van der Waals surface area (Å²) in [5, 5.41) is 39.1. The number of hydrogen-bond acceptors (Lipinski definition) is 21. The number of rotatable bonds is 12. The number of aliphatic imine (C=N–C) groups is 3. The van der Waals surface area contributed by atoms with Gasteiger partial charge in [0, 0.05) is 27.2 Å². The van der Waals surface area contributed by atoms with Crippen molar-refractivity contribution >= 4 is 123 Å². The molecule has 0 amide bonds. The third kappa shape index (κ3) is 16.8. The van der Waals surface area contributed by atoms with Crippen LogP contribution in [0.2, 0.25) is 0 Å². The van der Waals surface area contributed by atoms with Crippen LogP contribution in [0.25, 0.3) is 21.5 Å². The van der Waals surface area contributed by atoms with Gasteiger partial charge in [-0.3, -0.25) is 23.6 Å². The second-order valence-electron chi connectivity index (χ2n) is 13.9. The van der Waals surface area contributed by atoms with Crippen molar-refractivity contribution in [3.63, 3.8) is 0 Å². The Bertz CT molecular complexity index is 4020. The molecule has 0 saturated heterocycles. The van der Waals surface area contributed by atoms with E-state index < -0.39 is 141 Å². The first-order valence-electron chi connectivity index (χ1n) is 17.8. The summed E-state index contributed by atoms with van der Waals surface area (Å²) in [7, 11) is -33.0. The molecule has 0 bridgehead atoms. The zero-order valence-corrected chi connectivity index (χ0v) is 56.5. The van der Waals surface area contributed by atoms with E-state index in [0.717, 1.165) is 12.1 Å². The molecule has 0 aromatic heterocycles. The maximum atomic E-state index is 13.6. The molecule has 0 spiro atoms. The van der Waals surface area contributed by atoms with Crippen LogP contribution in [0.3, 0.4) is 0 Å². The Kier molecular flexibility index (Phi) is 27.1. The van der Waals surface area contributed by atoms with Crippen LogP contribution in [0.15, 0.2) is 129 Å². The molecular weight excluding hydrogens is 1170 g/mol. The Hall–Kier alpha value is -0.490. The van der Waals surface area contributed by atoms with Crippen molar-refractivity contribution in [3.05, 3.63) is 107 Å². The molecular formula is C37H24N4Na6O21S6. The molecule has 0 atom stereocenters. The van der Waals surface area contributed by atoms with Crippen LogP contribution in [-0.2, 0) is 60.7 Å². The first-order valence-corrected chi connectivity index (χ1v) is 26.4. The van der Waals surface area contributed by atoms with E-state index in [1.165, 1.54) is 44.2 Å². The van der Waals surface area contributed by atoms with Crippen LogP contribution in [0.1, 0.15) is 22.3 Å². The maximum absolute atomic E-state index is 13.6. The summed E-state index contributed by atoms with van der Waals surface area (Å²) in [5.74, 6) is -2.44. The molecule has 0 fully saturated rings. The molecule has 0 aliphatic heterocycles. The van der Waals surface area contributed by atoms with Gasteiger partial charge in [-0.05, 0) is 109 Å². The summed E-state index contributed by atoms with van der Waals surface area (Å²) in [6.45, 7) is 2.58. The molecule has 0 unspecified atom stereocenters. The van der Waals surface area contributed by atoms with Crippen molar-refractivity contribution in [2.45, 2.75) is 43.2 Å². The van der Waals surface area contributed by atoms with E-state index in [-0.39, 0.29) is 223 Å². The second-order valence-corrected chi connectivity index (χ2v) is 22.2. The van der Waals surface area contributed by atoms with Crippen molar-refractivity contribution in [3.8, 4) is 0 Å². The second kappa shape index (κ2) is 27.3. The first kappa shape index (κ1) is 73.5. The standard InChI is InChI=1S/C37H30N4O21S6.6Na/c1-17-21(35(42)38-27-9-11-29(65(51,52)53)23-13-19(63(45,46)47)15-31(33(23)27)67(57,58)59)5-3-7-25(17)40-37(44)41-26-8-4-6-22(18(26)2)36(43)39-28-10-12-30(66(54,55)56)24-14-20(64(48,49)50)16-32(34(24)28)68(60,61)62;;;;;;/h3-16H,1-2H3,(H,38,42)(H,39,43)(H2,40,41,44)(H,45,46,47)(H,48,49,50)(H,51,52,53)(H,54,55,56)(H,57,58,59)(H,60,61,62);;;;;;/q;6*+1/p-6. The third-order valence-corrected chi connectivity index (χ3v) is 14.9. The van der Waals surface area contributed by atoms with Crippen molar-refractivity contribution in [1.29, 1.82) is 0 Å². The molecule has 74 heavy (non-hydrogen) atoms. The average Bonchev–Trinajstić information content (AvgIpc) is 3.19. The molecule has 0 aliphatic carbocycles. The van der Waals surface area contributed by atoms with Crippen molar-refractivity contribution in [1.82, 2.24) is 0 Å². The average molecular weight is 1190 g/mol. The number of nitrogens with zero attached hydrogens (tertiary/aromatic N) is 3. The fourth-order valence-electron chi connectivity index (χ4n) is 6.65. The van der Waals surface area contributed by atoms with Gasteiger partial charge in [-0.1, -0.05) is 24.3 Å². The zero-order chi connectivity index (χ0) is 50.9. The van der Waals surface area contributed by atoms with Gasteiger partial charge < -0.3 is 34.3 Å². The molecule has 6 aromatic rings. The fraction of sp³-hybridized carbons (Fsp3) is 0.0541. The third-order valence-electron chi connectivity index (χ3n) is 9.67. The molecule has 37 heteroatoms. The van der Waals surface area contributed by atoms with Crippen LogP contribution in [0, 0.1) is 13.8 Å². The summed E-state index contributed by atoms with van der Waals surface area (Å²) in [6, 6.07) is 9.82. The van der Waals surface area contributed by atoms with E-state index in [1.54, 1.807) is 0 Å². The Morgan fingerprint density at radius 2 is 0.824 bits per heavy atom. The Labute approximate surface area is 555 Å². The molecule has 0 heterocycles. The van der Waals surface area contributed by atoms with Gasteiger partial charge in [-0.25, -0.2) is 30.2 Å². The predicted octanol–water partition coefficient (Wildman–Crippen LogP) is -17.6. The van der Waals surface area contributed by atoms with Gasteiger partial charge in [0.15, 0.2) is 0 Å². The van der Waals surface area contributed by atoms with Gasteiger partial charge in [0.1, 0.15) is 45.0 Å². The Morgan fingerprint density at radius 1 is 0.446 bits per heavy atom. The molecule has 4 N–H and O–H groups in total. The quantitative estimate of drug-likeness (QED) is 0.0382. The Balaban J connectivity index is 0.00000888. The number of benzene rings is 6. The molecule has 0 saturated carbocycles. The van der Waals surface area contributed by atoms with E-state index in [4.69, 9.17) is 0 Å². The number of amidine groups is 1. The summed E-state index contributed by atoms with van der Waals surface area (Å²) >= 11 is 0. The van der Waals surface area contributed by atoms with Gasteiger partial charge in [0.25, 0.3) is 30.4 Å². The number of nitrogens with one attached hydrogen (secondary N) is 1. The van der Waals surface area contributed by atoms with E-state index in [9.17, 15) is 93.1 Å². The smallest absolute Gasteiger partial charge is 0.858 e.